The molecule has 0 atom stereocenters. The van der Waals surface area contributed by atoms with Crippen LogP contribution >= 0.6 is 11.3 Å². The van der Waals surface area contributed by atoms with E-state index in [0.29, 0.717) is 24.5 Å². The number of furan rings is 1. The number of thiophene rings is 1. The van der Waals surface area contributed by atoms with Gasteiger partial charge in [-0.05, 0) is 6.07 Å². The predicted molar refractivity (Wildman–Crippen MR) is 78.7 cm³/mol. The molecule has 0 aromatic carbocycles. The van der Waals surface area contributed by atoms with E-state index in [0.717, 1.165) is 23.4 Å². The maximum atomic E-state index is 12.4. The molecule has 1 aliphatic rings. The van der Waals surface area contributed by atoms with Gasteiger partial charge in [0.05, 0.1) is 22.3 Å². The Bertz CT molecular complexity index is 626. The topological polar surface area (TPSA) is 74.0 Å². The lowest BCUT2D eigenvalue weighted by Gasteiger charge is -2.34. The molecule has 0 aliphatic carbocycles. The Morgan fingerprint density at radius 1 is 1.29 bits per heavy atom. The van der Waals surface area contributed by atoms with Gasteiger partial charge in [0.25, 0.3) is 5.91 Å². The number of hydrogen-bond donors (Lipinski definition) is 1. The van der Waals surface area contributed by atoms with Crippen LogP contribution in [0.4, 0.5) is 0 Å². The molecule has 0 unspecified atom stereocenters. The maximum Gasteiger partial charge on any atom is 0.304 e. The summed E-state index contributed by atoms with van der Waals surface area (Å²) in [6.45, 7) is 3.26. The number of aliphatic carboxylic acids is 1. The van der Waals surface area contributed by atoms with Gasteiger partial charge in [-0.2, -0.15) is 0 Å². The molecule has 2 aromatic rings. The number of nitrogens with zero attached hydrogens (tertiary/aromatic N) is 2. The van der Waals surface area contributed by atoms with E-state index < -0.39 is 5.97 Å². The number of hydrogen-bond acceptors (Lipinski definition) is 5. The summed E-state index contributed by atoms with van der Waals surface area (Å²) in [6, 6.07) is 3.65. The third-order valence-corrected chi connectivity index (χ3v) is 4.72. The third-order valence-electron chi connectivity index (χ3n) is 3.65. The number of carbonyl (C=O) groups is 2. The lowest BCUT2D eigenvalue weighted by molar-refractivity contribution is -0.137. The van der Waals surface area contributed by atoms with Crippen LogP contribution in [0.2, 0.25) is 0 Å². The summed E-state index contributed by atoms with van der Waals surface area (Å²) < 4.78 is 6.27. The van der Waals surface area contributed by atoms with Gasteiger partial charge in [-0.1, -0.05) is 0 Å². The summed E-state index contributed by atoms with van der Waals surface area (Å²) in [7, 11) is 0. The van der Waals surface area contributed by atoms with Crippen molar-refractivity contribution in [2.45, 2.75) is 6.42 Å². The van der Waals surface area contributed by atoms with Crippen molar-refractivity contribution >= 4 is 33.5 Å². The molecule has 1 saturated heterocycles. The van der Waals surface area contributed by atoms with Crippen LogP contribution in [0.25, 0.3) is 10.3 Å². The third kappa shape index (κ3) is 3.08. The fraction of sp³-hybridized carbons (Fsp3) is 0.429. The number of rotatable bonds is 4. The number of carboxylic acids is 1. The lowest BCUT2D eigenvalue weighted by atomic mass is 10.2. The second kappa shape index (κ2) is 5.87. The van der Waals surface area contributed by atoms with E-state index >= 15 is 0 Å². The van der Waals surface area contributed by atoms with Gasteiger partial charge < -0.3 is 14.4 Å². The van der Waals surface area contributed by atoms with Crippen LogP contribution < -0.4 is 0 Å². The summed E-state index contributed by atoms with van der Waals surface area (Å²) in [5.74, 6) is -0.751. The summed E-state index contributed by atoms with van der Waals surface area (Å²) >= 11 is 1.44. The Hall–Kier alpha value is -1.86. The Kier molecular flexibility index (Phi) is 3.94. The van der Waals surface area contributed by atoms with Gasteiger partial charge >= 0.3 is 5.97 Å². The summed E-state index contributed by atoms with van der Waals surface area (Å²) in [4.78, 5) is 27.6. The number of fused-ring (bicyclic) bond motifs is 1. The van der Waals surface area contributed by atoms with Crippen molar-refractivity contribution in [3.05, 3.63) is 23.3 Å². The number of carboxylic acid groups (broad SMARTS) is 1. The molecule has 21 heavy (non-hydrogen) atoms. The minimum absolute atomic E-state index is 0.0317. The molecule has 1 aliphatic heterocycles. The molecule has 6 nitrogen and oxygen atoms in total. The van der Waals surface area contributed by atoms with Crippen molar-refractivity contribution in [2.24, 2.45) is 0 Å². The minimum atomic E-state index is -0.783. The highest BCUT2D eigenvalue weighted by Crippen LogP contribution is 2.27. The van der Waals surface area contributed by atoms with Crippen molar-refractivity contribution < 1.29 is 19.1 Å². The van der Waals surface area contributed by atoms with Crippen LogP contribution in [0, 0.1) is 0 Å². The predicted octanol–water partition coefficient (Wildman–Crippen LogP) is 1.73. The molecule has 1 fully saturated rings. The van der Waals surface area contributed by atoms with Gasteiger partial charge in [-0.25, -0.2) is 0 Å². The highest BCUT2D eigenvalue weighted by molar-refractivity contribution is 7.20. The Morgan fingerprint density at radius 3 is 2.71 bits per heavy atom. The van der Waals surface area contributed by atoms with Gasteiger partial charge in [0.1, 0.15) is 5.58 Å². The highest BCUT2D eigenvalue weighted by Gasteiger charge is 2.24. The maximum absolute atomic E-state index is 12.4. The summed E-state index contributed by atoms with van der Waals surface area (Å²) in [5.41, 5.74) is 0.753. The minimum Gasteiger partial charge on any atom is -0.481 e. The molecule has 7 heteroatoms. The second-order valence-corrected chi connectivity index (χ2v) is 6.12. The van der Waals surface area contributed by atoms with Gasteiger partial charge in [-0.15, -0.1) is 11.3 Å². The van der Waals surface area contributed by atoms with Crippen molar-refractivity contribution in [2.75, 3.05) is 32.7 Å². The summed E-state index contributed by atoms with van der Waals surface area (Å²) in [5, 5.41) is 8.68. The van der Waals surface area contributed by atoms with E-state index in [-0.39, 0.29) is 12.3 Å². The fourth-order valence-electron chi connectivity index (χ4n) is 2.46. The van der Waals surface area contributed by atoms with E-state index in [9.17, 15) is 9.59 Å². The molecule has 1 amide bonds. The molecular weight excluding hydrogens is 292 g/mol. The van der Waals surface area contributed by atoms with Crippen molar-refractivity contribution in [3.63, 3.8) is 0 Å². The fourth-order valence-corrected chi connectivity index (χ4v) is 3.41. The van der Waals surface area contributed by atoms with Crippen LogP contribution in [0.3, 0.4) is 0 Å². The van der Waals surface area contributed by atoms with Gasteiger partial charge in [-0.3, -0.25) is 14.5 Å². The molecule has 2 aromatic heterocycles. The zero-order chi connectivity index (χ0) is 14.8. The van der Waals surface area contributed by atoms with Gasteiger partial charge in [0.2, 0.25) is 0 Å². The second-order valence-electron chi connectivity index (χ2n) is 5.04. The van der Waals surface area contributed by atoms with Crippen molar-refractivity contribution in [1.82, 2.24) is 9.80 Å². The smallest absolute Gasteiger partial charge is 0.304 e. The zero-order valence-electron chi connectivity index (χ0n) is 11.4. The molecule has 0 radical (unpaired) electrons. The quantitative estimate of drug-likeness (QED) is 0.931. The molecular formula is C14H16N2O4S. The van der Waals surface area contributed by atoms with E-state index in [1.165, 1.54) is 11.3 Å². The molecule has 0 bridgehead atoms. The van der Waals surface area contributed by atoms with Crippen molar-refractivity contribution in [3.8, 4) is 0 Å². The Morgan fingerprint density at radius 2 is 2.05 bits per heavy atom. The van der Waals surface area contributed by atoms with Gasteiger partial charge in [0, 0.05) is 38.8 Å². The number of amides is 1. The molecule has 0 spiro atoms. The first-order valence-corrected chi connectivity index (χ1v) is 7.65. The van der Waals surface area contributed by atoms with Crippen LogP contribution in [-0.2, 0) is 4.79 Å². The molecule has 0 saturated carbocycles. The Labute approximate surface area is 125 Å². The lowest BCUT2D eigenvalue weighted by Crippen LogP contribution is -2.48. The van der Waals surface area contributed by atoms with E-state index in [1.807, 2.05) is 11.0 Å². The molecule has 3 rings (SSSR count). The average Bonchev–Trinajstić information content (AvgIpc) is 3.06. The molecule has 3 heterocycles. The largest absolute Gasteiger partial charge is 0.481 e. The van der Waals surface area contributed by atoms with Crippen molar-refractivity contribution in [1.29, 1.82) is 0 Å². The molecule has 112 valence electrons. The standard InChI is InChI=1S/C14H16N2O4S/c17-13(18)1-3-15-4-6-16(7-5-15)14(19)12-9-10-11(21-12)2-8-20-10/h2,8-9H,1,3-7H2,(H,17,18). The SMILES string of the molecule is O=C(O)CCN1CCN(C(=O)c2cc3occc3s2)CC1. The first-order valence-electron chi connectivity index (χ1n) is 6.84. The van der Waals surface area contributed by atoms with Gasteiger partial charge in [0.15, 0.2) is 0 Å². The monoisotopic (exact) mass is 308 g/mol. The van der Waals surface area contributed by atoms with E-state index in [1.54, 1.807) is 12.3 Å². The number of piperazine rings is 1. The van der Waals surface area contributed by atoms with Crippen LogP contribution in [0.1, 0.15) is 16.1 Å². The molecule has 1 N–H and O–H groups in total. The number of carbonyl (C=O) groups excluding carboxylic acids is 1. The summed E-state index contributed by atoms with van der Waals surface area (Å²) in [6.07, 6.45) is 1.77. The zero-order valence-corrected chi connectivity index (χ0v) is 12.3. The Balaban J connectivity index is 1.57. The van der Waals surface area contributed by atoms with Crippen LogP contribution in [0.5, 0.6) is 0 Å². The van der Waals surface area contributed by atoms with E-state index in [2.05, 4.69) is 4.90 Å². The first-order chi connectivity index (χ1) is 10.1. The van der Waals surface area contributed by atoms with Crippen LogP contribution in [-0.4, -0.2) is 59.5 Å². The normalized spacial score (nSPS) is 16.5. The highest BCUT2D eigenvalue weighted by atomic mass is 32.1. The van der Waals surface area contributed by atoms with E-state index in [4.69, 9.17) is 9.52 Å². The van der Waals surface area contributed by atoms with Crippen LogP contribution in [0.15, 0.2) is 22.8 Å². The average molecular weight is 308 g/mol. The first kappa shape index (κ1) is 14.1.